The van der Waals surface area contributed by atoms with Crippen LogP contribution in [0.25, 0.3) is 0 Å². The molecule has 36 heavy (non-hydrogen) atoms. The Morgan fingerprint density at radius 2 is 2.00 bits per heavy atom. The van der Waals surface area contributed by atoms with Gasteiger partial charge in [0.2, 0.25) is 0 Å². The maximum Gasteiger partial charge on any atom is 0.407 e. The molecule has 8 heteroatoms. The molecule has 6 nitrogen and oxygen atoms in total. The number of carboxylic acid groups (broad SMARTS) is 1. The molecule has 3 N–H and O–H groups in total. The van der Waals surface area contributed by atoms with Gasteiger partial charge in [0, 0.05) is 37.8 Å². The van der Waals surface area contributed by atoms with Crippen LogP contribution in [0.5, 0.6) is 0 Å². The fraction of sp³-hybridized carbons (Fsp3) is 0.750. The number of unbranched alkanes of at least 4 members (excludes halogenated alkanes) is 1. The molecule has 204 valence electrons. The summed E-state index contributed by atoms with van der Waals surface area (Å²) in [5.41, 5.74) is -1.37. The van der Waals surface area contributed by atoms with Crippen LogP contribution in [0.15, 0.2) is 18.2 Å². The topological polar surface area (TPSA) is 82.0 Å². The minimum atomic E-state index is -1.54. The summed E-state index contributed by atoms with van der Waals surface area (Å²) in [4.78, 5) is 14.0. The van der Waals surface area contributed by atoms with Crippen molar-refractivity contribution in [3.05, 3.63) is 34.6 Å². The van der Waals surface area contributed by atoms with Crippen molar-refractivity contribution in [1.29, 1.82) is 0 Å². The zero-order chi connectivity index (χ0) is 26.1. The number of nitrogens with one attached hydrogen (secondary N) is 1. The van der Waals surface area contributed by atoms with Crippen LogP contribution < -0.4 is 5.32 Å². The number of ether oxygens (including phenoxy) is 1. The van der Waals surface area contributed by atoms with Gasteiger partial charge < -0.3 is 25.2 Å². The Hall–Kier alpha value is -1.41. The van der Waals surface area contributed by atoms with Crippen LogP contribution in [-0.2, 0) is 10.3 Å². The number of hydrogen-bond acceptors (Lipinski definition) is 4. The SMILES string of the molecule is CNCC(CC1CCCCC1)[C@@H]1[C@@H]([C@@](O)(CCCCOC)c2cccc(Cl)c2F)CCCN1C(=O)O. The number of benzene rings is 1. The second-order valence-corrected chi connectivity index (χ2v) is 11.2. The Labute approximate surface area is 220 Å². The first-order valence-corrected chi connectivity index (χ1v) is 14.0. The van der Waals surface area contributed by atoms with Crippen molar-refractivity contribution in [3.63, 3.8) is 0 Å². The standard InChI is InChI=1S/C28H44ClFN2O4/c1-31-19-21(18-20-10-4-3-5-11-20)26-23(13-9-16-32(26)27(33)34)28(35,15-6-7-17-36-2)22-12-8-14-24(29)25(22)30/h8,12,14,20-21,23,26,31,35H,3-7,9-11,13,15-19H2,1-2H3,(H,33,34)/t21?,23-,26+,28+/m0/s1. The molecule has 3 rings (SSSR count). The van der Waals surface area contributed by atoms with Crippen molar-refractivity contribution in [3.8, 4) is 0 Å². The number of rotatable bonds is 12. The summed E-state index contributed by atoms with van der Waals surface area (Å²) in [5.74, 6) is -0.489. The van der Waals surface area contributed by atoms with E-state index in [1.165, 1.54) is 30.2 Å². The van der Waals surface area contributed by atoms with E-state index in [1.54, 1.807) is 19.2 Å². The lowest BCUT2D eigenvalue weighted by Crippen LogP contribution is -2.59. The third kappa shape index (κ3) is 6.91. The third-order valence-corrected chi connectivity index (χ3v) is 8.72. The normalized spacial score (nSPS) is 23.9. The van der Waals surface area contributed by atoms with Gasteiger partial charge in [-0.15, -0.1) is 0 Å². The first kappa shape index (κ1) is 29.2. The van der Waals surface area contributed by atoms with Crippen LogP contribution in [0.4, 0.5) is 9.18 Å². The van der Waals surface area contributed by atoms with E-state index in [9.17, 15) is 15.0 Å². The second kappa shape index (κ2) is 13.9. The number of piperidine rings is 1. The molecule has 0 spiro atoms. The van der Waals surface area contributed by atoms with E-state index < -0.39 is 29.5 Å². The summed E-state index contributed by atoms with van der Waals surface area (Å²) in [7, 11) is 3.53. The molecule has 2 fully saturated rings. The van der Waals surface area contributed by atoms with Crippen LogP contribution in [-0.4, -0.2) is 61.1 Å². The first-order valence-electron chi connectivity index (χ1n) is 13.6. The smallest absolute Gasteiger partial charge is 0.407 e. The van der Waals surface area contributed by atoms with Crippen LogP contribution in [0.2, 0.25) is 5.02 Å². The predicted molar refractivity (Wildman–Crippen MR) is 141 cm³/mol. The van der Waals surface area contributed by atoms with E-state index in [0.717, 1.165) is 25.7 Å². The number of likely N-dealkylation sites (tertiary alicyclic amines) is 1. The molecule has 1 amide bonds. The molecule has 0 aromatic heterocycles. The summed E-state index contributed by atoms with van der Waals surface area (Å²) in [5, 5.41) is 25.9. The van der Waals surface area contributed by atoms with Gasteiger partial charge >= 0.3 is 6.09 Å². The van der Waals surface area contributed by atoms with Gasteiger partial charge in [-0.1, -0.05) is 55.8 Å². The van der Waals surface area contributed by atoms with Gasteiger partial charge in [0.25, 0.3) is 0 Å². The van der Waals surface area contributed by atoms with Gasteiger partial charge in [0.15, 0.2) is 0 Å². The van der Waals surface area contributed by atoms with Crippen LogP contribution in [0, 0.1) is 23.6 Å². The van der Waals surface area contributed by atoms with Crippen LogP contribution in [0.1, 0.15) is 76.2 Å². The number of nitrogens with zero attached hydrogens (tertiary/aromatic N) is 1. The quantitative estimate of drug-likeness (QED) is 0.289. The largest absolute Gasteiger partial charge is 0.465 e. The van der Waals surface area contributed by atoms with E-state index in [2.05, 4.69) is 5.32 Å². The molecule has 2 aliphatic rings. The Morgan fingerprint density at radius 3 is 2.67 bits per heavy atom. The summed E-state index contributed by atoms with van der Waals surface area (Å²) in [6, 6.07) is 4.35. The van der Waals surface area contributed by atoms with E-state index in [-0.39, 0.29) is 16.5 Å². The van der Waals surface area contributed by atoms with Gasteiger partial charge in [-0.25, -0.2) is 9.18 Å². The minimum absolute atomic E-state index is 0.0206. The predicted octanol–water partition coefficient (Wildman–Crippen LogP) is 6.05. The highest BCUT2D eigenvalue weighted by Crippen LogP contribution is 2.47. The number of methoxy groups -OCH3 is 1. The van der Waals surface area contributed by atoms with E-state index in [4.69, 9.17) is 16.3 Å². The molecule has 1 unspecified atom stereocenters. The number of amides is 1. The maximum absolute atomic E-state index is 15.5. The van der Waals surface area contributed by atoms with Gasteiger partial charge in [-0.3, -0.25) is 0 Å². The van der Waals surface area contributed by atoms with Crippen molar-refractivity contribution in [2.45, 2.75) is 82.3 Å². The zero-order valence-electron chi connectivity index (χ0n) is 21.9. The van der Waals surface area contributed by atoms with E-state index >= 15 is 4.39 Å². The van der Waals surface area contributed by atoms with Crippen LogP contribution in [0.3, 0.4) is 0 Å². The molecule has 1 aliphatic heterocycles. The van der Waals surface area contributed by atoms with Crippen molar-refractivity contribution in [1.82, 2.24) is 10.2 Å². The second-order valence-electron chi connectivity index (χ2n) is 10.7. The molecule has 4 atom stereocenters. The highest BCUT2D eigenvalue weighted by atomic mass is 35.5. The lowest BCUT2D eigenvalue weighted by Gasteiger charge is -2.51. The maximum atomic E-state index is 15.5. The summed E-state index contributed by atoms with van der Waals surface area (Å²) in [6.07, 6.45) is 8.88. The van der Waals surface area contributed by atoms with Gasteiger partial charge in [0.05, 0.1) is 10.6 Å². The Bertz CT molecular complexity index is 838. The lowest BCUT2D eigenvalue weighted by atomic mass is 9.65. The summed E-state index contributed by atoms with van der Waals surface area (Å²) in [6.45, 7) is 1.63. The molecule has 0 radical (unpaired) electrons. The molecule has 1 aliphatic carbocycles. The average Bonchev–Trinajstić information content (AvgIpc) is 2.88. The molecule has 1 aromatic rings. The highest BCUT2D eigenvalue weighted by Gasteiger charge is 2.51. The van der Waals surface area contributed by atoms with Gasteiger partial charge in [-0.2, -0.15) is 0 Å². The van der Waals surface area contributed by atoms with Crippen molar-refractivity contribution in [2.75, 3.05) is 33.9 Å². The van der Waals surface area contributed by atoms with Crippen molar-refractivity contribution < 1.29 is 24.1 Å². The molecular weight excluding hydrogens is 483 g/mol. The highest BCUT2D eigenvalue weighted by molar-refractivity contribution is 6.30. The minimum Gasteiger partial charge on any atom is -0.465 e. The Balaban J connectivity index is 2.04. The molecule has 1 saturated heterocycles. The first-order chi connectivity index (χ1) is 17.3. The fourth-order valence-corrected chi connectivity index (χ4v) is 6.98. The molecular formula is C28H44ClFN2O4. The monoisotopic (exact) mass is 526 g/mol. The number of halogens is 2. The fourth-order valence-electron chi connectivity index (χ4n) is 6.80. The van der Waals surface area contributed by atoms with E-state index in [1.807, 2.05) is 7.05 Å². The Kier molecular flexibility index (Phi) is 11.3. The lowest BCUT2D eigenvalue weighted by molar-refractivity contribution is -0.0992. The summed E-state index contributed by atoms with van der Waals surface area (Å²) < 4.78 is 20.7. The van der Waals surface area contributed by atoms with E-state index in [0.29, 0.717) is 51.3 Å². The third-order valence-electron chi connectivity index (χ3n) is 8.43. The number of carbonyl (C=O) groups is 1. The van der Waals surface area contributed by atoms with Crippen molar-refractivity contribution >= 4 is 17.7 Å². The summed E-state index contributed by atoms with van der Waals surface area (Å²) >= 11 is 6.18. The van der Waals surface area contributed by atoms with Crippen molar-refractivity contribution in [2.24, 2.45) is 17.8 Å². The average molecular weight is 527 g/mol. The zero-order valence-corrected chi connectivity index (χ0v) is 22.6. The van der Waals surface area contributed by atoms with Gasteiger partial charge in [-0.05, 0) is 70.0 Å². The molecule has 0 bridgehead atoms. The number of aliphatic hydroxyl groups is 1. The molecule has 1 aromatic carbocycles. The van der Waals surface area contributed by atoms with Crippen LogP contribution >= 0.6 is 11.6 Å². The van der Waals surface area contributed by atoms with Gasteiger partial charge in [0.1, 0.15) is 5.82 Å². The Morgan fingerprint density at radius 1 is 1.25 bits per heavy atom. The molecule has 1 heterocycles. The molecule has 1 saturated carbocycles. The number of hydrogen-bond donors (Lipinski definition) is 3.